The first-order valence-electron chi connectivity index (χ1n) is 6.83. The fraction of sp³-hybridized carbons (Fsp3) is 0.333. The largest absolute Gasteiger partial charge is 0.450 e. The van der Waals surface area contributed by atoms with Crippen LogP contribution < -0.4 is 5.32 Å². The highest BCUT2D eigenvalue weighted by molar-refractivity contribution is 5.90. The van der Waals surface area contributed by atoms with Crippen molar-refractivity contribution in [2.75, 3.05) is 13.2 Å². The summed E-state index contributed by atoms with van der Waals surface area (Å²) < 4.78 is 41.1. The molecule has 5 nitrogen and oxygen atoms in total. The van der Waals surface area contributed by atoms with Crippen molar-refractivity contribution in [3.63, 3.8) is 0 Å². The van der Waals surface area contributed by atoms with Crippen molar-refractivity contribution in [2.24, 2.45) is 0 Å². The highest BCUT2D eigenvalue weighted by Crippen LogP contribution is 2.16. The van der Waals surface area contributed by atoms with Crippen LogP contribution >= 0.6 is 0 Å². The monoisotopic (exact) mass is 330 g/mol. The van der Waals surface area contributed by atoms with E-state index in [1.807, 2.05) is 5.32 Å². The van der Waals surface area contributed by atoms with Gasteiger partial charge in [0.05, 0.1) is 6.61 Å². The first-order chi connectivity index (χ1) is 10.8. The van der Waals surface area contributed by atoms with Gasteiger partial charge in [-0.25, -0.2) is 14.9 Å². The van der Waals surface area contributed by atoms with Gasteiger partial charge < -0.3 is 9.64 Å². The molecule has 0 aliphatic carbocycles. The quantitative estimate of drug-likeness (QED) is 0.841. The summed E-state index contributed by atoms with van der Waals surface area (Å²) in [5.74, 6) is 0. The number of ether oxygens (including phenoxy) is 1. The van der Waals surface area contributed by atoms with Crippen molar-refractivity contribution < 1.29 is 27.5 Å². The summed E-state index contributed by atoms with van der Waals surface area (Å²) in [6, 6.07) is 7.86. The van der Waals surface area contributed by atoms with Crippen molar-refractivity contribution in [1.82, 2.24) is 10.2 Å². The number of nitrogens with one attached hydrogen (secondary N) is 1. The van der Waals surface area contributed by atoms with Gasteiger partial charge in [0, 0.05) is 19.2 Å². The van der Waals surface area contributed by atoms with E-state index < -0.39 is 18.3 Å². The van der Waals surface area contributed by atoms with Crippen LogP contribution in [0.15, 0.2) is 42.5 Å². The van der Waals surface area contributed by atoms with Crippen LogP contribution in [0, 0.1) is 0 Å². The Morgan fingerprint density at radius 2 is 1.91 bits per heavy atom. The molecule has 1 aromatic carbocycles. The zero-order chi connectivity index (χ0) is 17.3. The Hall–Kier alpha value is -2.51. The third kappa shape index (κ3) is 7.89. The van der Waals surface area contributed by atoms with E-state index in [1.165, 1.54) is 0 Å². The first-order valence-corrected chi connectivity index (χ1v) is 6.83. The van der Waals surface area contributed by atoms with E-state index in [4.69, 9.17) is 0 Å². The number of rotatable bonds is 5. The van der Waals surface area contributed by atoms with Crippen LogP contribution in [0.3, 0.4) is 0 Å². The first kappa shape index (κ1) is 18.5. The minimum absolute atomic E-state index is 0.0443. The standard InChI is InChI=1S/C15H17F3N2O3/c1-2-23-14(22)19-13(21)20(10-6-9-15(16,17)18)11-12-7-4-3-5-8-12/h3-9H,2,10-11H2,1H3,(H,19,21,22)/b9-6+. The van der Waals surface area contributed by atoms with E-state index >= 15 is 0 Å². The van der Waals surface area contributed by atoms with Gasteiger partial charge in [0.25, 0.3) is 0 Å². The van der Waals surface area contributed by atoms with Crippen molar-refractivity contribution in [1.29, 1.82) is 0 Å². The van der Waals surface area contributed by atoms with Crippen LogP contribution in [0.1, 0.15) is 12.5 Å². The molecule has 23 heavy (non-hydrogen) atoms. The van der Waals surface area contributed by atoms with Crippen molar-refractivity contribution in [3.05, 3.63) is 48.0 Å². The lowest BCUT2D eigenvalue weighted by atomic mass is 10.2. The summed E-state index contributed by atoms with van der Waals surface area (Å²) in [6.45, 7) is 1.39. The molecule has 8 heteroatoms. The van der Waals surface area contributed by atoms with Crippen LogP contribution in [-0.4, -0.2) is 36.4 Å². The van der Waals surface area contributed by atoms with Gasteiger partial charge in [-0.1, -0.05) is 36.4 Å². The normalized spacial score (nSPS) is 11.3. The third-order valence-corrected chi connectivity index (χ3v) is 2.62. The maximum absolute atomic E-state index is 12.2. The fourth-order valence-corrected chi connectivity index (χ4v) is 1.67. The molecule has 0 heterocycles. The smallest absolute Gasteiger partial charge is 0.415 e. The summed E-state index contributed by atoms with van der Waals surface area (Å²) in [7, 11) is 0. The van der Waals surface area contributed by atoms with Crippen molar-refractivity contribution in [3.8, 4) is 0 Å². The molecule has 0 bridgehead atoms. The summed E-state index contributed by atoms with van der Waals surface area (Å²) in [6.07, 6.45) is -4.55. The van der Waals surface area contributed by atoms with Crippen LogP contribution in [0.5, 0.6) is 0 Å². The van der Waals surface area contributed by atoms with Crippen molar-refractivity contribution in [2.45, 2.75) is 19.6 Å². The second-order valence-electron chi connectivity index (χ2n) is 4.46. The van der Waals surface area contributed by atoms with Crippen LogP contribution in [0.2, 0.25) is 0 Å². The van der Waals surface area contributed by atoms with Gasteiger partial charge in [0.2, 0.25) is 0 Å². The molecule has 126 valence electrons. The van der Waals surface area contributed by atoms with Gasteiger partial charge in [-0.2, -0.15) is 13.2 Å². The molecule has 1 aromatic rings. The van der Waals surface area contributed by atoms with E-state index in [0.717, 1.165) is 11.0 Å². The molecule has 0 unspecified atom stereocenters. The molecule has 0 fully saturated rings. The molecule has 1 rings (SSSR count). The third-order valence-electron chi connectivity index (χ3n) is 2.62. The number of carbonyl (C=O) groups excluding carboxylic acids is 2. The Labute approximate surface area is 131 Å². The van der Waals surface area contributed by atoms with Gasteiger partial charge in [-0.15, -0.1) is 0 Å². The number of nitrogens with zero attached hydrogens (tertiary/aromatic N) is 1. The van der Waals surface area contributed by atoms with Gasteiger partial charge >= 0.3 is 18.3 Å². The molecule has 1 N–H and O–H groups in total. The summed E-state index contributed by atoms with van der Waals surface area (Å²) in [5, 5.41) is 1.96. The maximum atomic E-state index is 12.2. The lowest BCUT2D eigenvalue weighted by molar-refractivity contribution is -0.0801. The minimum atomic E-state index is -4.46. The van der Waals surface area contributed by atoms with E-state index in [2.05, 4.69) is 4.74 Å². The molecule has 0 aromatic heterocycles. The number of alkyl halides is 3. The molecule has 0 aliphatic rings. The Morgan fingerprint density at radius 3 is 2.48 bits per heavy atom. The average Bonchev–Trinajstić information content (AvgIpc) is 2.46. The van der Waals surface area contributed by atoms with Gasteiger partial charge in [0.15, 0.2) is 0 Å². The topological polar surface area (TPSA) is 58.6 Å². The second-order valence-corrected chi connectivity index (χ2v) is 4.46. The molecule has 0 saturated heterocycles. The number of halogens is 3. The Bertz CT molecular complexity index is 545. The minimum Gasteiger partial charge on any atom is -0.450 e. The molecule has 0 radical (unpaired) electrons. The number of imide groups is 1. The van der Waals surface area contributed by atoms with E-state index in [0.29, 0.717) is 5.56 Å². The molecule has 0 atom stereocenters. The summed E-state index contributed by atoms with van der Waals surface area (Å²) in [4.78, 5) is 24.3. The highest BCUT2D eigenvalue weighted by atomic mass is 19.4. The molecule has 0 aliphatic heterocycles. The average molecular weight is 330 g/mol. The zero-order valence-corrected chi connectivity index (χ0v) is 12.5. The zero-order valence-electron chi connectivity index (χ0n) is 12.5. The van der Waals surface area contributed by atoms with E-state index in [9.17, 15) is 22.8 Å². The predicted molar refractivity (Wildman–Crippen MR) is 77.6 cm³/mol. The lowest BCUT2D eigenvalue weighted by Gasteiger charge is -2.21. The number of hydrogen-bond acceptors (Lipinski definition) is 3. The van der Waals surface area contributed by atoms with Crippen LogP contribution in [-0.2, 0) is 11.3 Å². The highest BCUT2D eigenvalue weighted by Gasteiger charge is 2.22. The number of allylic oxidation sites excluding steroid dienone is 1. The molecular formula is C15H17F3N2O3. The molecule has 3 amide bonds. The Balaban J connectivity index is 2.76. The number of urea groups is 1. The number of carbonyl (C=O) groups is 2. The SMILES string of the molecule is CCOC(=O)NC(=O)N(C/C=C/C(F)(F)F)Cc1ccccc1. The fourth-order valence-electron chi connectivity index (χ4n) is 1.67. The number of alkyl carbamates (subject to hydrolysis) is 1. The van der Waals surface area contributed by atoms with Gasteiger partial charge in [0.1, 0.15) is 0 Å². The van der Waals surface area contributed by atoms with E-state index in [1.54, 1.807) is 37.3 Å². The Morgan fingerprint density at radius 1 is 1.26 bits per heavy atom. The van der Waals surface area contributed by atoms with Gasteiger partial charge in [-0.3, -0.25) is 0 Å². The van der Waals surface area contributed by atoms with Crippen molar-refractivity contribution >= 4 is 12.1 Å². The molecular weight excluding hydrogens is 313 g/mol. The number of hydrogen-bond donors (Lipinski definition) is 1. The molecule has 0 saturated carbocycles. The summed E-state index contributed by atoms with van der Waals surface area (Å²) in [5.41, 5.74) is 0.715. The van der Waals surface area contributed by atoms with Crippen LogP contribution in [0.25, 0.3) is 0 Å². The molecule has 0 spiro atoms. The second kappa shape index (κ2) is 8.82. The Kier molecular flexibility index (Phi) is 7.11. The lowest BCUT2D eigenvalue weighted by Crippen LogP contribution is -2.42. The predicted octanol–water partition coefficient (Wildman–Crippen LogP) is 3.47. The number of benzene rings is 1. The maximum Gasteiger partial charge on any atom is 0.415 e. The van der Waals surface area contributed by atoms with E-state index in [-0.39, 0.29) is 25.8 Å². The summed E-state index contributed by atoms with van der Waals surface area (Å²) >= 11 is 0. The van der Waals surface area contributed by atoms with Crippen LogP contribution in [0.4, 0.5) is 22.8 Å². The number of amides is 3. The van der Waals surface area contributed by atoms with Gasteiger partial charge in [-0.05, 0) is 12.5 Å².